The summed E-state index contributed by atoms with van der Waals surface area (Å²) >= 11 is 0. The first-order valence-electron chi connectivity index (χ1n) is 7.17. The fourth-order valence-corrected chi connectivity index (χ4v) is 2.75. The lowest BCUT2D eigenvalue weighted by Gasteiger charge is -2.27. The zero-order chi connectivity index (χ0) is 13.7. The van der Waals surface area contributed by atoms with Gasteiger partial charge in [0.25, 0.3) is 0 Å². The first-order chi connectivity index (χ1) is 9.16. The highest BCUT2D eigenvalue weighted by molar-refractivity contribution is 5.78. The van der Waals surface area contributed by atoms with Crippen LogP contribution < -0.4 is 0 Å². The molecule has 0 aromatic heterocycles. The van der Waals surface area contributed by atoms with Gasteiger partial charge in [-0.3, -0.25) is 4.79 Å². The molecule has 3 heteroatoms. The van der Waals surface area contributed by atoms with Crippen molar-refractivity contribution in [1.29, 1.82) is 0 Å². The molecular formula is C16H22FNO. The minimum absolute atomic E-state index is 0.138. The minimum Gasteiger partial charge on any atom is -0.342 e. The third-order valence-electron chi connectivity index (χ3n) is 4.03. The summed E-state index contributed by atoms with van der Waals surface area (Å²) in [4.78, 5) is 14.1. The van der Waals surface area contributed by atoms with Crippen molar-refractivity contribution in [2.24, 2.45) is 0 Å². The largest absolute Gasteiger partial charge is 0.342 e. The molecule has 2 nitrogen and oxygen atoms in total. The average Bonchev–Trinajstić information content (AvgIpc) is 2.69. The molecule has 0 atom stereocenters. The molecule has 1 aromatic carbocycles. The first kappa shape index (κ1) is 14.0. The predicted molar refractivity (Wildman–Crippen MR) is 74.4 cm³/mol. The molecule has 1 saturated carbocycles. The van der Waals surface area contributed by atoms with E-state index in [9.17, 15) is 9.18 Å². The van der Waals surface area contributed by atoms with E-state index in [0.717, 1.165) is 18.4 Å². The van der Waals surface area contributed by atoms with Gasteiger partial charge in [-0.2, -0.15) is 0 Å². The van der Waals surface area contributed by atoms with E-state index in [2.05, 4.69) is 0 Å². The van der Waals surface area contributed by atoms with E-state index in [0.29, 0.717) is 12.5 Å². The fourth-order valence-electron chi connectivity index (χ4n) is 2.75. The van der Waals surface area contributed by atoms with Crippen molar-refractivity contribution < 1.29 is 9.18 Å². The number of nitrogens with zero attached hydrogens (tertiary/aromatic N) is 1. The van der Waals surface area contributed by atoms with Gasteiger partial charge in [0.1, 0.15) is 5.82 Å². The highest BCUT2D eigenvalue weighted by Gasteiger charge is 2.21. The third kappa shape index (κ3) is 4.05. The van der Waals surface area contributed by atoms with E-state index in [1.54, 1.807) is 12.1 Å². The number of carbonyl (C=O) groups excluding carboxylic acids is 1. The predicted octanol–water partition coefficient (Wildman–Crippen LogP) is 3.55. The van der Waals surface area contributed by atoms with Crippen molar-refractivity contribution in [3.05, 3.63) is 35.6 Å². The number of hydrogen-bond acceptors (Lipinski definition) is 1. The molecule has 1 aliphatic carbocycles. The Morgan fingerprint density at radius 3 is 2.32 bits per heavy atom. The van der Waals surface area contributed by atoms with Gasteiger partial charge in [-0.05, 0) is 30.5 Å². The quantitative estimate of drug-likeness (QED) is 0.764. The molecule has 0 saturated heterocycles. The molecule has 0 N–H and O–H groups in total. The molecule has 0 unspecified atom stereocenters. The molecule has 2 rings (SSSR count). The van der Waals surface area contributed by atoms with E-state index in [-0.39, 0.29) is 11.7 Å². The summed E-state index contributed by atoms with van der Waals surface area (Å²) < 4.78 is 12.8. The Kier molecular flexibility index (Phi) is 4.94. The summed E-state index contributed by atoms with van der Waals surface area (Å²) in [6.07, 6.45) is 7.62. The highest BCUT2D eigenvalue weighted by Crippen LogP contribution is 2.21. The van der Waals surface area contributed by atoms with Crippen LogP contribution in [0.3, 0.4) is 0 Å². The van der Waals surface area contributed by atoms with Crippen LogP contribution in [0.5, 0.6) is 0 Å². The molecule has 0 aliphatic heterocycles. The second kappa shape index (κ2) is 6.69. The van der Waals surface area contributed by atoms with Crippen molar-refractivity contribution >= 4 is 5.91 Å². The van der Waals surface area contributed by atoms with Gasteiger partial charge in [-0.15, -0.1) is 0 Å². The summed E-state index contributed by atoms with van der Waals surface area (Å²) in [5.41, 5.74) is 0.881. The second-order valence-electron chi connectivity index (χ2n) is 5.45. The third-order valence-corrected chi connectivity index (χ3v) is 4.03. The van der Waals surface area contributed by atoms with Crippen molar-refractivity contribution in [2.75, 3.05) is 7.05 Å². The topological polar surface area (TPSA) is 20.3 Å². The molecule has 1 aliphatic rings. The summed E-state index contributed by atoms with van der Waals surface area (Å²) in [6, 6.07) is 6.58. The molecule has 1 aromatic rings. The van der Waals surface area contributed by atoms with Gasteiger partial charge >= 0.3 is 0 Å². The van der Waals surface area contributed by atoms with Crippen LogP contribution in [0.15, 0.2) is 24.3 Å². The maximum atomic E-state index is 12.8. The van der Waals surface area contributed by atoms with Crippen molar-refractivity contribution in [1.82, 2.24) is 4.90 Å². The normalized spacial score (nSPS) is 16.9. The molecule has 104 valence electrons. The van der Waals surface area contributed by atoms with Gasteiger partial charge < -0.3 is 4.90 Å². The lowest BCUT2D eigenvalue weighted by molar-refractivity contribution is -0.131. The molecule has 0 radical (unpaired) electrons. The van der Waals surface area contributed by atoms with Gasteiger partial charge in [0.15, 0.2) is 0 Å². The Morgan fingerprint density at radius 2 is 1.74 bits per heavy atom. The number of benzene rings is 1. The van der Waals surface area contributed by atoms with Crippen molar-refractivity contribution in [2.45, 2.75) is 51.0 Å². The highest BCUT2D eigenvalue weighted by atomic mass is 19.1. The number of likely N-dealkylation sites (N-methyl/N-ethyl adjacent to an activating group) is 1. The Hall–Kier alpha value is -1.38. The van der Waals surface area contributed by atoms with Gasteiger partial charge in [0, 0.05) is 13.1 Å². The molecule has 1 fully saturated rings. The first-order valence-corrected chi connectivity index (χ1v) is 7.17. The minimum atomic E-state index is -0.256. The van der Waals surface area contributed by atoms with Gasteiger partial charge in [0.05, 0.1) is 6.42 Å². The van der Waals surface area contributed by atoms with Crippen LogP contribution in [0.1, 0.15) is 44.1 Å². The molecule has 0 spiro atoms. The van der Waals surface area contributed by atoms with E-state index >= 15 is 0 Å². The summed E-state index contributed by atoms with van der Waals surface area (Å²) in [5.74, 6) is -0.119. The maximum Gasteiger partial charge on any atom is 0.226 e. The Labute approximate surface area is 114 Å². The number of halogens is 1. The maximum absolute atomic E-state index is 12.8. The molecule has 0 heterocycles. The average molecular weight is 263 g/mol. The zero-order valence-electron chi connectivity index (χ0n) is 11.6. The van der Waals surface area contributed by atoms with Crippen LogP contribution in [0.25, 0.3) is 0 Å². The fraction of sp³-hybridized carbons (Fsp3) is 0.562. The lowest BCUT2D eigenvalue weighted by atomic mass is 10.1. The Balaban J connectivity index is 1.92. The van der Waals surface area contributed by atoms with E-state index in [4.69, 9.17) is 0 Å². The van der Waals surface area contributed by atoms with E-state index in [1.165, 1.54) is 37.8 Å². The van der Waals surface area contributed by atoms with Gasteiger partial charge in [0.2, 0.25) is 5.91 Å². The monoisotopic (exact) mass is 263 g/mol. The van der Waals surface area contributed by atoms with Crippen LogP contribution in [-0.2, 0) is 11.2 Å². The van der Waals surface area contributed by atoms with Crippen LogP contribution >= 0.6 is 0 Å². The van der Waals surface area contributed by atoms with Crippen molar-refractivity contribution in [3.63, 3.8) is 0 Å². The number of hydrogen-bond donors (Lipinski definition) is 0. The van der Waals surface area contributed by atoms with Crippen LogP contribution in [0, 0.1) is 5.82 Å². The lowest BCUT2D eigenvalue weighted by Crippen LogP contribution is -2.37. The molecular weight excluding hydrogens is 241 g/mol. The summed E-state index contributed by atoms with van der Waals surface area (Å²) in [6.45, 7) is 0. The summed E-state index contributed by atoms with van der Waals surface area (Å²) in [5, 5.41) is 0. The Bertz CT molecular complexity index is 407. The second-order valence-corrected chi connectivity index (χ2v) is 5.45. The number of rotatable bonds is 3. The molecule has 1 amide bonds. The van der Waals surface area contributed by atoms with Crippen LogP contribution in [0.4, 0.5) is 4.39 Å². The molecule has 19 heavy (non-hydrogen) atoms. The number of carbonyl (C=O) groups is 1. The number of amides is 1. The Morgan fingerprint density at radius 1 is 1.16 bits per heavy atom. The zero-order valence-corrected chi connectivity index (χ0v) is 11.6. The van der Waals surface area contributed by atoms with Gasteiger partial charge in [-0.25, -0.2) is 4.39 Å². The van der Waals surface area contributed by atoms with E-state index in [1.807, 2.05) is 11.9 Å². The SMILES string of the molecule is CN(C(=O)Cc1ccc(F)cc1)C1CCCCCC1. The van der Waals surface area contributed by atoms with Crippen molar-refractivity contribution in [3.8, 4) is 0 Å². The van der Waals surface area contributed by atoms with Gasteiger partial charge in [-0.1, -0.05) is 37.8 Å². The van der Waals surface area contributed by atoms with Crippen LogP contribution in [0.2, 0.25) is 0 Å². The molecule has 0 bridgehead atoms. The van der Waals surface area contributed by atoms with Crippen LogP contribution in [-0.4, -0.2) is 23.9 Å². The van der Waals surface area contributed by atoms with E-state index < -0.39 is 0 Å². The summed E-state index contributed by atoms with van der Waals surface area (Å²) in [7, 11) is 1.90. The smallest absolute Gasteiger partial charge is 0.226 e. The standard InChI is InChI=1S/C16H22FNO/c1-18(15-6-4-2-3-5-7-15)16(19)12-13-8-10-14(17)11-9-13/h8-11,15H,2-7,12H2,1H3.